The van der Waals surface area contributed by atoms with Gasteiger partial charge in [-0.2, -0.15) is 0 Å². The Morgan fingerprint density at radius 1 is 0.304 bits per heavy atom. The number of carbonyl (C=O) groups is 4. The number of ether oxygens (including phenoxy) is 10. The lowest BCUT2D eigenvalue weighted by Crippen LogP contribution is -2.32. The minimum atomic E-state index is -1.12. The van der Waals surface area contributed by atoms with Gasteiger partial charge < -0.3 is 78.0 Å². The van der Waals surface area contributed by atoms with Crippen molar-refractivity contribution in [3.8, 4) is 34.5 Å². The lowest BCUT2D eigenvalue weighted by atomic mass is 9.74. The zero-order valence-electron chi connectivity index (χ0n) is 64.9. The van der Waals surface area contributed by atoms with Crippen molar-refractivity contribution in [1.82, 2.24) is 0 Å². The molecule has 5 aliphatic rings. The molecule has 8 bridgehead atoms. The van der Waals surface area contributed by atoms with E-state index in [2.05, 4.69) is 0 Å². The molecule has 0 radical (unpaired) electrons. The summed E-state index contributed by atoms with van der Waals surface area (Å²) in [5, 5.41) is 75.6. The maximum atomic E-state index is 14.0. The predicted molar refractivity (Wildman–Crippen MR) is 418 cm³/mol. The zero-order valence-corrected chi connectivity index (χ0v) is 64.9. The summed E-state index contributed by atoms with van der Waals surface area (Å²) in [6.45, 7) is 5.74. The highest BCUT2D eigenvalue weighted by Gasteiger charge is 2.38. The van der Waals surface area contributed by atoms with E-state index in [1.165, 1.54) is 38.5 Å². The SMILES string of the molecule is COc1cc(O)c2cc1C(c1ccc(C(=O)OCOC3(C)CCCCC3)cc1)c1cc(c(OC)cc1O)C(c1ccc(C(=O)OCOC3(C)CCCCC3)cc1)c1cc(c(CO)cc1O)C(c1ccc(C(=O)OCOC3(C)CCCCC3)cc1)c1cc(c(CO)cc1O)C2c1ccc(C(=O)OCOC2(C)CCCCC2)cc1. The molecule has 20 nitrogen and oxygen atoms in total. The lowest BCUT2D eigenvalue weighted by Gasteiger charge is -2.33. The van der Waals surface area contributed by atoms with Gasteiger partial charge in [0, 0.05) is 69.2 Å². The molecule has 8 aromatic rings. The highest BCUT2D eigenvalue weighted by Crippen LogP contribution is 2.54. The standard InChI is InChI=1S/C92H104O20/c1-89(35-11-7-12-36-89)109-53-105-85(99)61-27-19-57(20-28-61)81-68-46-70(76(96)44-66(68)52-94)83(59-23-31-63(32-24-59)87(101)107-55-111-91(3)39-15-9-16-40-91)74-48-72(78(98)50-80(74)104-6)84(60-25-33-64(34-26-60)88(102)108-56-112-92(4)41-17-10-18-42-92)73-47-71(77(97)49-79(73)103-5)82(67-45-69(81)75(95)43-65(67)51-93)58-21-29-62(30-22-58)86(100)106-54-110-90(2)37-13-8-14-38-90/h19-34,43-50,81-84,93-98H,7-18,35-42,51-56H2,1-6H3. The van der Waals surface area contributed by atoms with E-state index < -0.39 is 83.2 Å². The second-order valence-corrected chi connectivity index (χ2v) is 31.9. The van der Waals surface area contributed by atoms with Crippen LogP contribution in [0.4, 0.5) is 0 Å². The number of hydrogen-bond donors (Lipinski definition) is 6. The van der Waals surface area contributed by atoms with E-state index in [1.54, 1.807) is 121 Å². The van der Waals surface area contributed by atoms with Crippen LogP contribution in [0.15, 0.2) is 146 Å². The summed E-state index contributed by atoms with van der Waals surface area (Å²) in [5.41, 5.74) is 3.69. The molecule has 5 aliphatic carbocycles. The van der Waals surface area contributed by atoms with Gasteiger partial charge in [-0.25, -0.2) is 19.2 Å². The van der Waals surface area contributed by atoms with Gasteiger partial charge in [0.2, 0.25) is 0 Å². The van der Waals surface area contributed by atoms with Crippen LogP contribution >= 0.6 is 0 Å². The fourth-order valence-electron chi connectivity index (χ4n) is 17.4. The van der Waals surface area contributed by atoms with Gasteiger partial charge in [0.15, 0.2) is 27.2 Å². The number of phenolic OH excluding ortho intramolecular Hbond substituents is 4. The van der Waals surface area contributed by atoms with Crippen LogP contribution in [0.3, 0.4) is 0 Å². The molecule has 6 N–H and O–H groups in total. The van der Waals surface area contributed by atoms with Crippen LogP contribution in [0, 0.1) is 0 Å². The van der Waals surface area contributed by atoms with Crippen molar-refractivity contribution < 1.29 is 97.2 Å². The largest absolute Gasteiger partial charge is 0.508 e. The quantitative estimate of drug-likeness (QED) is 0.0186. The van der Waals surface area contributed by atoms with E-state index in [1.807, 2.05) is 27.7 Å². The third-order valence-corrected chi connectivity index (χ3v) is 24.1. The molecule has 0 aromatic heterocycles. The Kier molecular flexibility index (Phi) is 25.1. The second-order valence-electron chi connectivity index (χ2n) is 31.9. The molecular formula is C92H104O20. The van der Waals surface area contributed by atoms with Crippen LogP contribution in [-0.2, 0) is 51.1 Å². The fraction of sp³-hybridized carbons (Fsp3) is 0.435. The molecule has 112 heavy (non-hydrogen) atoms. The molecule has 4 unspecified atom stereocenters. The third-order valence-electron chi connectivity index (χ3n) is 24.1. The monoisotopic (exact) mass is 1530 g/mol. The summed E-state index contributed by atoms with van der Waals surface area (Å²) in [5.74, 6) is -7.89. The number of methoxy groups -OCH3 is 2. The number of fused-ring (bicyclic) bond motifs is 8. The van der Waals surface area contributed by atoms with Crippen molar-refractivity contribution in [3.05, 3.63) is 246 Å². The summed E-state index contributed by atoms with van der Waals surface area (Å²) in [7, 11) is 2.89. The van der Waals surface area contributed by atoms with Crippen molar-refractivity contribution >= 4 is 23.9 Å². The van der Waals surface area contributed by atoms with Crippen molar-refractivity contribution in [2.24, 2.45) is 0 Å². The van der Waals surface area contributed by atoms with Crippen LogP contribution in [-0.4, -0.2) is 118 Å². The number of rotatable bonds is 24. The number of carbonyl (C=O) groups excluding carboxylic acids is 4. The second kappa shape index (κ2) is 35.1. The van der Waals surface area contributed by atoms with E-state index in [-0.39, 0.29) is 117 Å². The van der Waals surface area contributed by atoms with Gasteiger partial charge in [-0.05, 0) is 208 Å². The minimum Gasteiger partial charge on any atom is -0.508 e. The molecule has 13 rings (SSSR count). The van der Waals surface area contributed by atoms with Gasteiger partial charge in [-0.1, -0.05) is 126 Å². The Morgan fingerprint density at radius 2 is 0.518 bits per heavy atom. The van der Waals surface area contributed by atoms with Crippen molar-refractivity contribution in [2.75, 3.05) is 41.4 Å². The summed E-state index contributed by atoms with van der Waals surface area (Å²) in [6, 6.07) is 39.3. The first kappa shape index (κ1) is 80.3. The van der Waals surface area contributed by atoms with E-state index in [0.29, 0.717) is 44.5 Å². The van der Waals surface area contributed by atoms with Crippen molar-refractivity contribution in [3.63, 3.8) is 0 Å². The van der Waals surface area contributed by atoms with Gasteiger partial charge in [-0.15, -0.1) is 0 Å². The number of benzene rings is 8. The first-order valence-electron chi connectivity index (χ1n) is 39.4. The molecule has 4 saturated carbocycles. The van der Waals surface area contributed by atoms with Gasteiger partial charge in [0.05, 0.1) is 72.1 Å². The Balaban J connectivity index is 1.02. The molecule has 4 atom stereocenters. The number of aliphatic hydroxyl groups excluding tert-OH is 2. The van der Waals surface area contributed by atoms with Gasteiger partial charge in [0.1, 0.15) is 34.5 Å². The van der Waals surface area contributed by atoms with Crippen LogP contribution in [0.5, 0.6) is 34.5 Å². The molecule has 8 aromatic carbocycles. The maximum Gasteiger partial charge on any atom is 0.340 e. The van der Waals surface area contributed by atoms with E-state index in [4.69, 9.17) is 47.4 Å². The minimum absolute atomic E-state index is 0.147. The first-order chi connectivity index (χ1) is 54.0. The normalized spacial score (nSPS) is 19.6. The Labute approximate surface area is 654 Å². The predicted octanol–water partition coefficient (Wildman–Crippen LogP) is 18.0. The number of esters is 4. The third kappa shape index (κ3) is 18.0. The molecule has 0 amide bonds. The molecule has 0 saturated heterocycles. The zero-order chi connectivity index (χ0) is 78.9. The topological polar surface area (TPSA) is 282 Å². The van der Waals surface area contributed by atoms with E-state index in [9.17, 15) is 49.8 Å². The molecular weight excluding hydrogens is 1420 g/mol. The van der Waals surface area contributed by atoms with Crippen LogP contribution in [0.2, 0.25) is 0 Å². The summed E-state index contributed by atoms with van der Waals surface area (Å²) in [6.07, 6.45) is 19.2. The van der Waals surface area contributed by atoms with E-state index >= 15 is 0 Å². The average molecular weight is 1530 g/mol. The summed E-state index contributed by atoms with van der Waals surface area (Å²) >= 11 is 0. The lowest BCUT2D eigenvalue weighted by molar-refractivity contribution is -0.127. The molecule has 592 valence electrons. The molecule has 4 fully saturated rings. The molecule has 0 heterocycles. The fourth-order valence-corrected chi connectivity index (χ4v) is 17.4. The van der Waals surface area contributed by atoms with Crippen LogP contribution in [0.25, 0.3) is 0 Å². The van der Waals surface area contributed by atoms with Crippen LogP contribution < -0.4 is 9.47 Å². The first-order valence-corrected chi connectivity index (χ1v) is 39.4. The highest BCUT2D eigenvalue weighted by atomic mass is 16.7. The van der Waals surface area contributed by atoms with Crippen molar-refractivity contribution in [2.45, 2.75) is 215 Å². The number of aromatic hydroxyl groups is 4. The van der Waals surface area contributed by atoms with Crippen LogP contribution in [0.1, 0.15) is 299 Å². The van der Waals surface area contributed by atoms with Gasteiger partial charge >= 0.3 is 23.9 Å². The Hall–Kier alpha value is -9.80. The number of hydrogen-bond acceptors (Lipinski definition) is 20. The summed E-state index contributed by atoms with van der Waals surface area (Å²) in [4.78, 5) is 56.1. The maximum absolute atomic E-state index is 14.0. The highest BCUT2D eigenvalue weighted by molar-refractivity contribution is 5.91. The molecule has 0 aliphatic heterocycles. The molecule has 0 spiro atoms. The van der Waals surface area contributed by atoms with E-state index in [0.717, 1.165) is 128 Å². The number of phenols is 4. The van der Waals surface area contributed by atoms with Crippen molar-refractivity contribution in [1.29, 1.82) is 0 Å². The van der Waals surface area contributed by atoms with Gasteiger partial charge in [0.25, 0.3) is 0 Å². The smallest absolute Gasteiger partial charge is 0.340 e. The number of aliphatic hydroxyl groups is 2. The van der Waals surface area contributed by atoms with Gasteiger partial charge in [-0.3, -0.25) is 0 Å². The Morgan fingerprint density at radius 3 is 0.741 bits per heavy atom. The average Bonchev–Trinajstić information content (AvgIpc) is 0.737. The molecule has 20 heteroatoms. The summed E-state index contributed by atoms with van der Waals surface area (Å²) < 4.78 is 60.3. The Bertz CT molecular complexity index is 4050.